The monoisotopic (exact) mass is 378 g/mol. The highest BCUT2D eigenvalue weighted by Gasteiger charge is 2.12. The second kappa shape index (κ2) is 7.21. The molecule has 0 atom stereocenters. The minimum Gasteiger partial charge on any atom is -0.497 e. The van der Waals surface area contributed by atoms with Gasteiger partial charge in [0, 0.05) is 21.5 Å². The molecule has 1 heterocycles. The van der Waals surface area contributed by atoms with E-state index in [1.165, 1.54) is 11.3 Å². The Bertz CT molecular complexity index is 896. The molecule has 0 radical (unpaired) electrons. The summed E-state index contributed by atoms with van der Waals surface area (Å²) in [5.41, 5.74) is 1.88. The number of carbonyl (C=O) groups excluding carboxylic acids is 1. The number of nitrogens with zero attached hydrogens (tertiary/aromatic N) is 1. The van der Waals surface area contributed by atoms with Gasteiger partial charge in [-0.15, -0.1) is 11.3 Å². The molecule has 7 heteroatoms. The zero-order chi connectivity index (χ0) is 17.1. The number of amides is 1. The molecule has 1 aromatic heterocycles. The summed E-state index contributed by atoms with van der Waals surface area (Å²) in [6, 6.07) is 12.1. The number of thiazole rings is 1. The van der Waals surface area contributed by atoms with Crippen molar-refractivity contribution >= 4 is 45.6 Å². The first kappa shape index (κ1) is 16.8. The molecule has 1 amide bonds. The van der Waals surface area contributed by atoms with E-state index in [9.17, 15) is 4.79 Å². The predicted molar refractivity (Wildman–Crippen MR) is 98.5 cm³/mol. The fraction of sp³-hybridized carbons (Fsp3) is 0.0588. The van der Waals surface area contributed by atoms with E-state index < -0.39 is 0 Å². The molecule has 0 aliphatic carbocycles. The number of halogens is 2. The fourth-order valence-electron chi connectivity index (χ4n) is 2.08. The highest BCUT2D eigenvalue weighted by atomic mass is 35.5. The van der Waals surface area contributed by atoms with Crippen molar-refractivity contribution < 1.29 is 9.53 Å². The van der Waals surface area contributed by atoms with Crippen LogP contribution >= 0.6 is 34.5 Å². The first-order valence-electron chi connectivity index (χ1n) is 6.93. The number of ether oxygens (including phenoxy) is 1. The van der Waals surface area contributed by atoms with E-state index in [1.807, 2.05) is 5.38 Å². The van der Waals surface area contributed by atoms with Gasteiger partial charge in [-0.05, 0) is 36.4 Å². The average molecular weight is 379 g/mol. The lowest BCUT2D eigenvalue weighted by Gasteiger charge is -2.04. The van der Waals surface area contributed by atoms with Crippen LogP contribution in [-0.4, -0.2) is 18.0 Å². The van der Waals surface area contributed by atoms with Crippen molar-refractivity contribution in [1.29, 1.82) is 0 Å². The number of hydrogen-bond donors (Lipinski definition) is 1. The normalized spacial score (nSPS) is 10.5. The standard InChI is InChI=1S/C17H12Cl2N2O2S/c1-23-12-4-2-3-10(7-12)16(22)21-17-20-15(9-24-17)13-8-11(18)5-6-14(13)19/h2-9H,1H3,(H,20,21,22). The van der Waals surface area contributed by atoms with Crippen LogP contribution in [0, 0.1) is 0 Å². The zero-order valence-corrected chi connectivity index (χ0v) is 14.9. The Hall–Kier alpha value is -2.08. The maximum Gasteiger partial charge on any atom is 0.257 e. The minimum absolute atomic E-state index is 0.257. The third-order valence-corrected chi connectivity index (χ3v) is 4.58. The molecule has 122 valence electrons. The van der Waals surface area contributed by atoms with E-state index in [0.717, 1.165) is 5.56 Å². The number of hydrogen-bond acceptors (Lipinski definition) is 4. The lowest BCUT2D eigenvalue weighted by molar-refractivity contribution is 0.102. The molecule has 0 saturated carbocycles. The summed E-state index contributed by atoms with van der Waals surface area (Å²) in [6.45, 7) is 0. The number of anilines is 1. The molecule has 0 saturated heterocycles. The van der Waals surface area contributed by atoms with Gasteiger partial charge in [-0.3, -0.25) is 10.1 Å². The van der Waals surface area contributed by atoms with Gasteiger partial charge in [0.15, 0.2) is 5.13 Å². The minimum atomic E-state index is -0.257. The third-order valence-electron chi connectivity index (χ3n) is 3.26. The predicted octanol–water partition coefficient (Wildman–Crippen LogP) is 5.38. The molecule has 0 spiro atoms. The molecule has 2 aromatic carbocycles. The van der Waals surface area contributed by atoms with E-state index in [2.05, 4.69) is 10.3 Å². The van der Waals surface area contributed by atoms with Crippen molar-refractivity contribution in [3.63, 3.8) is 0 Å². The largest absolute Gasteiger partial charge is 0.497 e. The summed E-state index contributed by atoms with van der Waals surface area (Å²) in [5.74, 6) is 0.361. The van der Waals surface area contributed by atoms with Gasteiger partial charge in [-0.25, -0.2) is 4.98 Å². The molecule has 3 aromatic rings. The van der Waals surface area contributed by atoms with Crippen LogP contribution in [0.15, 0.2) is 47.8 Å². The van der Waals surface area contributed by atoms with Crippen LogP contribution in [0.1, 0.15) is 10.4 Å². The fourth-order valence-corrected chi connectivity index (χ4v) is 3.17. The van der Waals surface area contributed by atoms with Crippen molar-refractivity contribution in [2.75, 3.05) is 12.4 Å². The zero-order valence-electron chi connectivity index (χ0n) is 12.5. The quantitative estimate of drug-likeness (QED) is 0.662. The molecule has 4 nitrogen and oxygen atoms in total. The molecule has 0 fully saturated rings. The van der Waals surface area contributed by atoms with Crippen molar-refractivity contribution in [2.45, 2.75) is 0 Å². The summed E-state index contributed by atoms with van der Waals surface area (Å²) in [4.78, 5) is 16.7. The second-order valence-corrected chi connectivity index (χ2v) is 6.55. The van der Waals surface area contributed by atoms with Crippen LogP contribution in [0.5, 0.6) is 5.75 Å². The lowest BCUT2D eigenvalue weighted by Crippen LogP contribution is -2.11. The molecule has 0 aliphatic heterocycles. The first-order valence-corrected chi connectivity index (χ1v) is 8.57. The molecule has 0 unspecified atom stereocenters. The number of carbonyl (C=O) groups is 1. The van der Waals surface area contributed by atoms with Gasteiger partial charge >= 0.3 is 0 Å². The van der Waals surface area contributed by atoms with Crippen molar-refractivity contribution in [3.05, 3.63) is 63.5 Å². The molecule has 0 bridgehead atoms. The smallest absolute Gasteiger partial charge is 0.257 e. The van der Waals surface area contributed by atoms with Crippen LogP contribution in [0.2, 0.25) is 10.0 Å². The van der Waals surface area contributed by atoms with E-state index in [1.54, 1.807) is 49.6 Å². The van der Waals surface area contributed by atoms with Crippen LogP contribution in [-0.2, 0) is 0 Å². The Kier molecular flexibility index (Phi) is 5.04. The summed E-state index contributed by atoms with van der Waals surface area (Å²) >= 11 is 13.5. The van der Waals surface area contributed by atoms with Gasteiger partial charge in [0.25, 0.3) is 5.91 Å². The van der Waals surface area contributed by atoms with E-state index in [0.29, 0.717) is 32.2 Å². The molecule has 0 aliphatic rings. The summed E-state index contributed by atoms with van der Waals surface area (Å²) < 4.78 is 5.12. The Morgan fingerprint density at radius 2 is 2.04 bits per heavy atom. The first-order chi connectivity index (χ1) is 11.6. The maximum absolute atomic E-state index is 12.3. The van der Waals surface area contributed by atoms with E-state index in [4.69, 9.17) is 27.9 Å². The molecular formula is C17H12Cl2N2O2S. The van der Waals surface area contributed by atoms with Gasteiger partial charge in [-0.1, -0.05) is 29.3 Å². The lowest BCUT2D eigenvalue weighted by atomic mass is 10.2. The summed E-state index contributed by atoms with van der Waals surface area (Å²) in [5, 5.41) is 6.19. The Morgan fingerprint density at radius 3 is 2.83 bits per heavy atom. The molecule has 3 rings (SSSR count). The Labute approximate surface area is 153 Å². The Balaban J connectivity index is 1.81. The molecular weight excluding hydrogens is 367 g/mol. The van der Waals surface area contributed by atoms with Gasteiger partial charge in [0.1, 0.15) is 5.75 Å². The number of aromatic nitrogens is 1. The number of methoxy groups -OCH3 is 1. The van der Waals surface area contributed by atoms with Gasteiger partial charge < -0.3 is 4.74 Å². The molecule has 1 N–H and O–H groups in total. The van der Waals surface area contributed by atoms with Gasteiger partial charge in [0.05, 0.1) is 17.8 Å². The van der Waals surface area contributed by atoms with Crippen LogP contribution < -0.4 is 10.1 Å². The summed E-state index contributed by atoms with van der Waals surface area (Å²) in [6.07, 6.45) is 0. The number of rotatable bonds is 4. The van der Waals surface area contributed by atoms with Crippen LogP contribution in [0.3, 0.4) is 0 Å². The highest BCUT2D eigenvalue weighted by molar-refractivity contribution is 7.14. The SMILES string of the molecule is COc1cccc(C(=O)Nc2nc(-c3cc(Cl)ccc3Cl)cs2)c1. The van der Waals surface area contributed by atoms with Gasteiger partial charge in [0.2, 0.25) is 0 Å². The number of nitrogens with one attached hydrogen (secondary N) is 1. The van der Waals surface area contributed by atoms with Crippen molar-refractivity contribution in [1.82, 2.24) is 4.98 Å². The van der Waals surface area contributed by atoms with Crippen LogP contribution in [0.25, 0.3) is 11.3 Å². The maximum atomic E-state index is 12.3. The Morgan fingerprint density at radius 1 is 1.21 bits per heavy atom. The third kappa shape index (κ3) is 3.70. The average Bonchev–Trinajstić information content (AvgIpc) is 3.05. The van der Waals surface area contributed by atoms with E-state index >= 15 is 0 Å². The summed E-state index contributed by atoms with van der Waals surface area (Å²) in [7, 11) is 1.55. The number of benzene rings is 2. The molecule has 24 heavy (non-hydrogen) atoms. The van der Waals surface area contributed by atoms with Gasteiger partial charge in [-0.2, -0.15) is 0 Å². The van der Waals surface area contributed by atoms with Crippen LogP contribution in [0.4, 0.5) is 5.13 Å². The van der Waals surface area contributed by atoms with Crippen molar-refractivity contribution in [2.24, 2.45) is 0 Å². The van der Waals surface area contributed by atoms with E-state index in [-0.39, 0.29) is 5.91 Å². The van der Waals surface area contributed by atoms with Crippen molar-refractivity contribution in [3.8, 4) is 17.0 Å². The highest BCUT2D eigenvalue weighted by Crippen LogP contribution is 2.32. The topological polar surface area (TPSA) is 51.2 Å². The second-order valence-electron chi connectivity index (χ2n) is 4.85.